The summed E-state index contributed by atoms with van der Waals surface area (Å²) in [5.74, 6) is -0.0825. The number of benzene rings is 1. The van der Waals surface area contributed by atoms with Crippen LogP contribution in [0.4, 0.5) is 0 Å². The number of carbonyl (C=O) groups excluding carboxylic acids is 1. The summed E-state index contributed by atoms with van der Waals surface area (Å²) in [6, 6.07) is 11.0. The third-order valence-corrected chi connectivity index (χ3v) is 5.14. The largest absolute Gasteiger partial charge is 0.392 e. The molecule has 0 amide bonds. The van der Waals surface area contributed by atoms with Crippen molar-refractivity contribution in [1.29, 1.82) is 0 Å². The van der Waals surface area contributed by atoms with E-state index in [1.807, 2.05) is 47.9 Å². The SMILES string of the molecule is Cc1cn2c(C=CC(=O)c3ccncc3)c(-c3ccc(CO)cc3)nc2s1. The predicted octanol–water partition coefficient (Wildman–Crippen LogP) is 4.15. The molecule has 134 valence electrons. The Balaban J connectivity index is 1.77. The number of ketones is 1. The molecule has 0 aliphatic rings. The number of nitrogens with zero attached hydrogens (tertiary/aromatic N) is 3. The number of rotatable bonds is 5. The molecule has 0 saturated carbocycles. The highest BCUT2D eigenvalue weighted by atomic mass is 32.1. The van der Waals surface area contributed by atoms with E-state index in [-0.39, 0.29) is 12.4 Å². The van der Waals surface area contributed by atoms with Crippen molar-refractivity contribution in [2.45, 2.75) is 13.5 Å². The summed E-state index contributed by atoms with van der Waals surface area (Å²) in [7, 11) is 0. The van der Waals surface area contributed by atoms with Crippen LogP contribution in [-0.4, -0.2) is 25.3 Å². The van der Waals surface area contributed by atoms with E-state index in [2.05, 4.69) is 4.98 Å². The van der Waals surface area contributed by atoms with Crippen molar-refractivity contribution in [2.75, 3.05) is 0 Å². The first-order valence-corrected chi connectivity index (χ1v) is 9.28. The lowest BCUT2D eigenvalue weighted by atomic mass is 10.1. The van der Waals surface area contributed by atoms with Gasteiger partial charge >= 0.3 is 0 Å². The molecule has 27 heavy (non-hydrogen) atoms. The lowest BCUT2D eigenvalue weighted by Crippen LogP contribution is -1.94. The Hall–Kier alpha value is -3.09. The van der Waals surface area contributed by atoms with E-state index in [4.69, 9.17) is 4.98 Å². The van der Waals surface area contributed by atoms with Crippen molar-refractivity contribution in [2.24, 2.45) is 0 Å². The molecule has 0 saturated heterocycles. The number of thiazole rings is 1. The number of aliphatic hydroxyl groups is 1. The fourth-order valence-corrected chi connectivity index (χ4v) is 3.71. The zero-order valence-electron chi connectivity index (χ0n) is 14.7. The van der Waals surface area contributed by atoms with Gasteiger partial charge in [-0.15, -0.1) is 11.3 Å². The molecule has 3 aromatic heterocycles. The van der Waals surface area contributed by atoms with Crippen LogP contribution in [0.1, 0.15) is 26.5 Å². The number of hydrogen-bond donors (Lipinski definition) is 1. The summed E-state index contributed by atoms with van der Waals surface area (Å²) in [6.07, 6.45) is 8.61. The number of aromatic nitrogens is 3. The molecular formula is C21H17N3O2S. The Kier molecular flexibility index (Phi) is 4.66. The van der Waals surface area contributed by atoms with E-state index >= 15 is 0 Å². The Labute approximate surface area is 160 Å². The minimum Gasteiger partial charge on any atom is -0.392 e. The first kappa shape index (κ1) is 17.3. The maximum Gasteiger partial charge on any atom is 0.194 e. The molecule has 4 aromatic rings. The van der Waals surface area contributed by atoms with Crippen LogP contribution in [-0.2, 0) is 6.61 Å². The third kappa shape index (κ3) is 3.45. The monoisotopic (exact) mass is 375 g/mol. The highest BCUT2D eigenvalue weighted by Gasteiger charge is 2.14. The van der Waals surface area contributed by atoms with Gasteiger partial charge in [0.05, 0.1) is 18.0 Å². The fraction of sp³-hybridized carbons (Fsp3) is 0.0952. The number of fused-ring (bicyclic) bond motifs is 1. The summed E-state index contributed by atoms with van der Waals surface area (Å²) >= 11 is 1.60. The second kappa shape index (κ2) is 7.26. The van der Waals surface area contributed by atoms with Crippen LogP contribution in [0.15, 0.2) is 61.1 Å². The lowest BCUT2D eigenvalue weighted by molar-refractivity contribution is 0.104. The number of hydrogen-bond acceptors (Lipinski definition) is 5. The molecule has 1 N–H and O–H groups in total. The molecule has 0 unspecified atom stereocenters. The van der Waals surface area contributed by atoms with Crippen molar-refractivity contribution in [3.63, 3.8) is 0 Å². The van der Waals surface area contributed by atoms with Crippen molar-refractivity contribution >= 4 is 28.2 Å². The van der Waals surface area contributed by atoms with Crippen molar-refractivity contribution < 1.29 is 9.90 Å². The lowest BCUT2D eigenvalue weighted by Gasteiger charge is -2.02. The highest BCUT2D eigenvalue weighted by Crippen LogP contribution is 2.29. The number of carbonyl (C=O) groups is 1. The summed E-state index contributed by atoms with van der Waals surface area (Å²) in [5, 5.41) is 9.25. The van der Waals surface area contributed by atoms with Crippen molar-refractivity contribution in [3.8, 4) is 11.3 Å². The molecule has 5 nitrogen and oxygen atoms in total. The third-order valence-electron chi connectivity index (χ3n) is 4.25. The smallest absolute Gasteiger partial charge is 0.194 e. The molecule has 0 spiro atoms. The van der Waals surface area contributed by atoms with Gasteiger partial charge in [-0.2, -0.15) is 0 Å². The van der Waals surface area contributed by atoms with Crippen LogP contribution in [0.5, 0.6) is 0 Å². The van der Waals surface area contributed by atoms with Gasteiger partial charge in [-0.1, -0.05) is 24.3 Å². The molecule has 0 atom stereocenters. The van der Waals surface area contributed by atoms with E-state index in [0.717, 1.165) is 32.4 Å². The van der Waals surface area contributed by atoms with Gasteiger partial charge < -0.3 is 5.11 Å². The molecule has 0 radical (unpaired) electrons. The van der Waals surface area contributed by atoms with E-state index in [0.29, 0.717) is 5.56 Å². The van der Waals surface area contributed by atoms with E-state index in [1.165, 1.54) is 0 Å². The molecular weight excluding hydrogens is 358 g/mol. The van der Waals surface area contributed by atoms with Gasteiger partial charge in [0, 0.05) is 34.6 Å². The standard InChI is InChI=1S/C21H17N3O2S/c1-14-12-24-18(6-7-19(26)16-8-10-22-11-9-16)20(23-21(24)27-14)17-4-2-15(13-25)3-5-17/h2-12,25H,13H2,1H3. The molecule has 0 aliphatic carbocycles. The quantitative estimate of drug-likeness (QED) is 0.420. The molecule has 0 fully saturated rings. The van der Waals surface area contributed by atoms with Gasteiger partial charge in [0.2, 0.25) is 0 Å². The number of aliphatic hydroxyl groups excluding tert-OH is 1. The van der Waals surface area contributed by atoms with Gasteiger partial charge in [0.1, 0.15) is 0 Å². The second-order valence-electron chi connectivity index (χ2n) is 6.13. The average Bonchev–Trinajstić information content (AvgIpc) is 3.23. The zero-order valence-corrected chi connectivity index (χ0v) is 15.5. The Morgan fingerprint density at radius 2 is 1.93 bits per heavy atom. The van der Waals surface area contributed by atoms with Crippen LogP contribution in [0.3, 0.4) is 0 Å². The number of pyridine rings is 1. The topological polar surface area (TPSA) is 67.5 Å². The van der Waals surface area contributed by atoms with Crippen LogP contribution < -0.4 is 0 Å². The first-order valence-electron chi connectivity index (χ1n) is 8.47. The average molecular weight is 375 g/mol. The minimum absolute atomic E-state index is 0.00491. The minimum atomic E-state index is -0.0825. The molecule has 0 aliphatic heterocycles. The fourth-order valence-electron chi connectivity index (χ4n) is 2.88. The van der Waals surface area contributed by atoms with Crippen LogP contribution >= 0.6 is 11.3 Å². The highest BCUT2D eigenvalue weighted by molar-refractivity contribution is 7.17. The molecule has 0 bridgehead atoms. The van der Waals surface area contributed by atoms with Gasteiger partial charge in [-0.05, 0) is 36.8 Å². The second-order valence-corrected chi connectivity index (χ2v) is 7.34. The number of imidazole rings is 1. The summed E-state index contributed by atoms with van der Waals surface area (Å²) < 4.78 is 2.01. The van der Waals surface area contributed by atoms with Crippen LogP contribution in [0, 0.1) is 6.92 Å². The molecule has 1 aromatic carbocycles. The first-order chi connectivity index (χ1) is 13.2. The van der Waals surface area contributed by atoms with Crippen molar-refractivity contribution in [1.82, 2.24) is 14.4 Å². The zero-order chi connectivity index (χ0) is 18.8. The predicted molar refractivity (Wildman–Crippen MR) is 107 cm³/mol. The Morgan fingerprint density at radius 3 is 2.63 bits per heavy atom. The maximum absolute atomic E-state index is 12.4. The summed E-state index contributed by atoms with van der Waals surface area (Å²) in [4.78, 5) is 23.2. The Morgan fingerprint density at radius 1 is 1.19 bits per heavy atom. The normalized spacial score (nSPS) is 11.5. The van der Waals surface area contributed by atoms with Crippen LogP contribution in [0.25, 0.3) is 22.3 Å². The summed E-state index contributed by atoms with van der Waals surface area (Å²) in [5.41, 5.74) is 4.05. The maximum atomic E-state index is 12.4. The Bertz CT molecular complexity index is 1130. The number of aryl methyl sites for hydroxylation is 1. The van der Waals surface area contributed by atoms with Gasteiger partial charge in [0.25, 0.3) is 0 Å². The van der Waals surface area contributed by atoms with Gasteiger partial charge in [-0.3, -0.25) is 14.2 Å². The molecule has 3 heterocycles. The molecule has 4 rings (SSSR count). The van der Waals surface area contributed by atoms with E-state index in [9.17, 15) is 9.90 Å². The van der Waals surface area contributed by atoms with Crippen LogP contribution in [0.2, 0.25) is 0 Å². The summed E-state index contributed by atoms with van der Waals surface area (Å²) in [6.45, 7) is 2.04. The molecule has 6 heteroatoms. The van der Waals surface area contributed by atoms with Crippen molar-refractivity contribution in [3.05, 3.63) is 82.8 Å². The van der Waals surface area contributed by atoms with E-state index in [1.54, 1.807) is 41.9 Å². The van der Waals surface area contributed by atoms with Gasteiger partial charge in [-0.25, -0.2) is 4.98 Å². The van der Waals surface area contributed by atoms with E-state index < -0.39 is 0 Å². The van der Waals surface area contributed by atoms with Gasteiger partial charge in [0.15, 0.2) is 10.7 Å². The number of allylic oxidation sites excluding steroid dienone is 1.